The molecule has 0 radical (unpaired) electrons. The molecule has 2 aromatic carbocycles. The minimum Gasteiger partial charge on any atom is -0.466 e. The van der Waals surface area contributed by atoms with Gasteiger partial charge in [0.25, 0.3) is 0 Å². The Morgan fingerprint density at radius 2 is 1.75 bits per heavy atom. The number of primary sulfonamides is 1. The van der Waals surface area contributed by atoms with Crippen molar-refractivity contribution in [2.75, 3.05) is 0 Å². The van der Waals surface area contributed by atoms with Crippen LogP contribution >= 0.6 is 0 Å². The zero-order valence-corrected chi connectivity index (χ0v) is 15.2. The number of hydrogen-bond acceptors (Lipinski definition) is 5. The maximum atomic E-state index is 13.4. The van der Waals surface area contributed by atoms with Gasteiger partial charge in [-0.3, -0.25) is 5.21 Å². The average Bonchev–Trinajstić information content (AvgIpc) is 3.05. The smallest absolute Gasteiger partial charge is 0.338 e. The molecule has 28 heavy (non-hydrogen) atoms. The number of nitrogens with two attached hydrogens (primary N) is 2. The summed E-state index contributed by atoms with van der Waals surface area (Å²) in [5.74, 6) is -0.353. The number of urea groups is 1. The van der Waals surface area contributed by atoms with E-state index in [1.54, 1.807) is 6.07 Å². The molecular formula is C18H16FN3O5S. The standard InChI is InChI=1S/C18H16FN3O5S/c19-12-7-5-11(6-8-12)17-14(10-27-15(17)9-22(24)18(20)23)13-3-1-2-4-16(13)28(21,25)26/h1-8,10,24H,9H2,(H2,20,23)(H2,21,25,26). The molecule has 0 fully saturated rings. The normalized spacial score (nSPS) is 11.4. The molecular weight excluding hydrogens is 389 g/mol. The van der Waals surface area contributed by atoms with E-state index in [9.17, 15) is 22.8 Å². The first-order chi connectivity index (χ1) is 13.2. The number of benzene rings is 2. The first kappa shape index (κ1) is 19.5. The summed E-state index contributed by atoms with van der Waals surface area (Å²) in [7, 11) is -4.05. The lowest BCUT2D eigenvalue weighted by molar-refractivity contribution is -0.0511. The van der Waals surface area contributed by atoms with E-state index in [4.69, 9.17) is 15.3 Å². The van der Waals surface area contributed by atoms with Crippen molar-refractivity contribution in [3.63, 3.8) is 0 Å². The molecule has 3 rings (SSSR count). The van der Waals surface area contributed by atoms with Crippen LogP contribution in [0.4, 0.5) is 9.18 Å². The number of halogens is 1. The third kappa shape index (κ3) is 3.88. The number of carbonyl (C=O) groups is 1. The molecule has 3 aromatic rings. The van der Waals surface area contributed by atoms with Crippen molar-refractivity contribution in [3.05, 3.63) is 66.4 Å². The van der Waals surface area contributed by atoms with Crippen LogP contribution in [-0.4, -0.2) is 24.7 Å². The second-order valence-electron chi connectivity index (χ2n) is 5.89. The van der Waals surface area contributed by atoms with Crippen LogP contribution in [0.5, 0.6) is 0 Å². The molecule has 0 unspecified atom stereocenters. The van der Waals surface area contributed by atoms with Crippen molar-refractivity contribution in [3.8, 4) is 22.3 Å². The van der Waals surface area contributed by atoms with E-state index in [0.717, 1.165) is 0 Å². The number of furan rings is 1. The Bertz CT molecular complexity index is 1130. The first-order valence-corrected chi connectivity index (χ1v) is 9.47. The third-order valence-corrected chi connectivity index (χ3v) is 5.00. The van der Waals surface area contributed by atoms with Crippen LogP contribution in [0.1, 0.15) is 5.76 Å². The maximum Gasteiger partial charge on any atom is 0.338 e. The van der Waals surface area contributed by atoms with Gasteiger partial charge in [0.2, 0.25) is 10.0 Å². The molecule has 0 saturated carbocycles. The first-order valence-electron chi connectivity index (χ1n) is 7.93. The van der Waals surface area contributed by atoms with Crippen molar-refractivity contribution < 1.29 is 27.2 Å². The number of carbonyl (C=O) groups excluding carboxylic acids is 1. The summed E-state index contributed by atoms with van der Waals surface area (Å²) < 4.78 is 42.8. The molecule has 2 amide bonds. The summed E-state index contributed by atoms with van der Waals surface area (Å²) in [5, 5.41) is 15.2. The summed E-state index contributed by atoms with van der Waals surface area (Å²) in [6.45, 7) is -0.403. The third-order valence-electron chi connectivity index (χ3n) is 4.03. The fourth-order valence-electron chi connectivity index (χ4n) is 2.80. The lowest BCUT2D eigenvalue weighted by Crippen LogP contribution is -2.32. The second-order valence-corrected chi connectivity index (χ2v) is 7.42. The van der Waals surface area contributed by atoms with Gasteiger partial charge >= 0.3 is 6.03 Å². The SMILES string of the molecule is NC(=O)N(O)Cc1occ(-c2ccccc2S(N)(=O)=O)c1-c1ccc(F)cc1. The Balaban J connectivity index is 2.25. The van der Waals surface area contributed by atoms with E-state index in [1.165, 1.54) is 48.7 Å². The van der Waals surface area contributed by atoms with E-state index in [1.807, 2.05) is 0 Å². The van der Waals surface area contributed by atoms with E-state index >= 15 is 0 Å². The molecule has 8 nitrogen and oxygen atoms in total. The molecule has 5 N–H and O–H groups in total. The maximum absolute atomic E-state index is 13.4. The van der Waals surface area contributed by atoms with Crippen molar-refractivity contribution in [2.24, 2.45) is 10.9 Å². The summed E-state index contributed by atoms with van der Waals surface area (Å²) in [4.78, 5) is 11.0. The lowest BCUT2D eigenvalue weighted by atomic mass is 9.96. The van der Waals surface area contributed by atoms with Crippen LogP contribution in [0.3, 0.4) is 0 Å². The molecule has 1 heterocycles. The molecule has 0 aliphatic rings. The molecule has 10 heteroatoms. The number of hydrogen-bond donors (Lipinski definition) is 3. The van der Waals surface area contributed by atoms with E-state index < -0.39 is 28.4 Å². The van der Waals surface area contributed by atoms with Crippen LogP contribution in [0.2, 0.25) is 0 Å². The molecule has 0 aliphatic carbocycles. The Morgan fingerprint density at radius 1 is 1.11 bits per heavy atom. The van der Waals surface area contributed by atoms with Gasteiger partial charge in [-0.15, -0.1) is 0 Å². The molecule has 146 valence electrons. The molecule has 0 atom stereocenters. The average molecular weight is 405 g/mol. The van der Waals surface area contributed by atoms with Gasteiger partial charge in [0.15, 0.2) is 0 Å². The van der Waals surface area contributed by atoms with Crippen LogP contribution in [0.15, 0.2) is 64.1 Å². The monoisotopic (exact) mass is 405 g/mol. The van der Waals surface area contributed by atoms with Gasteiger partial charge in [-0.05, 0) is 23.8 Å². The quantitative estimate of drug-likeness (QED) is 0.442. The fourth-order valence-corrected chi connectivity index (χ4v) is 3.55. The lowest BCUT2D eigenvalue weighted by Gasteiger charge is -2.13. The zero-order chi connectivity index (χ0) is 20.5. The number of sulfonamides is 1. The second kappa shape index (κ2) is 7.43. The Kier molecular flexibility index (Phi) is 5.18. The van der Waals surface area contributed by atoms with E-state index in [0.29, 0.717) is 16.7 Å². The topological polar surface area (TPSA) is 140 Å². The van der Waals surface area contributed by atoms with Gasteiger partial charge in [0, 0.05) is 16.7 Å². The van der Waals surface area contributed by atoms with Gasteiger partial charge < -0.3 is 10.2 Å². The molecule has 0 aliphatic heterocycles. The summed E-state index contributed by atoms with van der Waals surface area (Å²) in [6, 6.07) is 10.3. The Morgan fingerprint density at radius 3 is 2.36 bits per heavy atom. The number of rotatable bonds is 5. The van der Waals surface area contributed by atoms with Gasteiger partial charge in [-0.2, -0.15) is 5.06 Å². The van der Waals surface area contributed by atoms with Crippen molar-refractivity contribution in [1.82, 2.24) is 5.06 Å². The number of primary amides is 1. The summed E-state index contributed by atoms with van der Waals surface area (Å²) in [6.07, 6.45) is 1.27. The molecule has 0 saturated heterocycles. The Hall–Kier alpha value is -3.21. The van der Waals surface area contributed by atoms with Gasteiger partial charge in [-0.25, -0.2) is 22.7 Å². The van der Waals surface area contributed by atoms with Crippen molar-refractivity contribution >= 4 is 16.1 Å². The predicted octanol–water partition coefficient (Wildman–Crippen LogP) is 2.67. The van der Waals surface area contributed by atoms with Crippen molar-refractivity contribution in [1.29, 1.82) is 0 Å². The summed E-state index contributed by atoms with van der Waals surface area (Å²) in [5.41, 5.74) is 6.46. The van der Waals surface area contributed by atoms with Crippen LogP contribution in [0, 0.1) is 5.82 Å². The highest BCUT2D eigenvalue weighted by Gasteiger charge is 2.24. The van der Waals surface area contributed by atoms with Gasteiger partial charge in [0.05, 0.1) is 11.2 Å². The highest BCUT2D eigenvalue weighted by Crippen LogP contribution is 2.39. The van der Waals surface area contributed by atoms with Gasteiger partial charge in [-0.1, -0.05) is 30.3 Å². The van der Waals surface area contributed by atoms with E-state index in [2.05, 4.69) is 0 Å². The van der Waals surface area contributed by atoms with Gasteiger partial charge in [0.1, 0.15) is 18.1 Å². The van der Waals surface area contributed by atoms with Crippen LogP contribution in [0.25, 0.3) is 22.3 Å². The van der Waals surface area contributed by atoms with E-state index in [-0.39, 0.29) is 21.3 Å². The number of hydroxylamine groups is 2. The molecule has 0 bridgehead atoms. The molecule has 1 aromatic heterocycles. The van der Waals surface area contributed by atoms with Crippen LogP contribution in [-0.2, 0) is 16.6 Å². The fraction of sp³-hybridized carbons (Fsp3) is 0.0556. The largest absolute Gasteiger partial charge is 0.466 e. The van der Waals surface area contributed by atoms with Crippen LogP contribution < -0.4 is 10.9 Å². The molecule has 0 spiro atoms. The van der Waals surface area contributed by atoms with Crippen molar-refractivity contribution in [2.45, 2.75) is 11.4 Å². The minimum atomic E-state index is -4.05. The number of amides is 2. The highest BCUT2D eigenvalue weighted by atomic mass is 32.2. The zero-order valence-electron chi connectivity index (χ0n) is 14.4. The Labute approximate surface area is 159 Å². The predicted molar refractivity (Wildman–Crippen MR) is 97.8 cm³/mol. The summed E-state index contributed by atoms with van der Waals surface area (Å²) >= 11 is 0. The minimum absolute atomic E-state index is 0.118. The highest BCUT2D eigenvalue weighted by molar-refractivity contribution is 7.89. The number of nitrogens with zero attached hydrogens (tertiary/aromatic N) is 1.